The Hall–Kier alpha value is -2.75. The van der Waals surface area contributed by atoms with Crippen molar-refractivity contribution in [3.8, 4) is 5.88 Å². The molecule has 0 radical (unpaired) electrons. The fourth-order valence-corrected chi connectivity index (χ4v) is 6.10. The van der Waals surface area contributed by atoms with E-state index < -0.39 is 69.1 Å². The number of aromatic nitrogens is 4. The van der Waals surface area contributed by atoms with Gasteiger partial charge in [0.05, 0.1) is 32.3 Å². The maximum absolute atomic E-state index is 16.1. The fraction of sp³-hybridized carbons (Fsp3) is 0.750. The number of esters is 2. The highest BCUT2D eigenvalue weighted by Crippen LogP contribution is 2.48. The minimum atomic E-state index is -4.49. The quantitative estimate of drug-likeness (QED) is 0.185. The first-order valence-corrected chi connectivity index (χ1v) is 16.5. The van der Waals surface area contributed by atoms with Gasteiger partial charge < -0.3 is 24.1 Å². The third-order valence-corrected chi connectivity index (χ3v) is 8.38. The topological polar surface area (TPSA) is 182 Å². The standard InChI is InChI=1S/C28H45FN5O10P/c1-9-39-25-22-24(31-18(7)32-25)34(15-30-22)27-28(8,29)23(36)20(44-27)13-41-45(38,42-14-21(35)43-17(5)6)33-19(12-11-16(3)4)26(37)40-10-2/h15-17,19-20,23,27,36H,9-14H2,1-8H3,(H,33,38)/t19?,20-,23?,27-,28+,45?/m1/s1. The van der Waals surface area contributed by atoms with Gasteiger partial charge in [-0.05, 0) is 60.3 Å². The summed E-state index contributed by atoms with van der Waals surface area (Å²) >= 11 is 0. The summed E-state index contributed by atoms with van der Waals surface area (Å²) in [4.78, 5) is 37.8. The summed E-state index contributed by atoms with van der Waals surface area (Å²) in [6.45, 7) is 12.3. The Morgan fingerprint density at radius 1 is 1.18 bits per heavy atom. The van der Waals surface area contributed by atoms with Crippen LogP contribution in [0.1, 0.15) is 73.4 Å². The van der Waals surface area contributed by atoms with Crippen LogP contribution < -0.4 is 9.82 Å². The zero-order valence-corrected chi connectivity index (χ0v) is 27.9. The van der Waals surface area contributed by atoms with Crippen LogP contribution in [0.2, 0.25) is 0 Å². The molecule has 0 bridgehead atoms. The highest BCUT2D eigenvalue weighted by molar-refractivity contribution is 7.51. The highest BCUT2D eigenvalue weighted by atomic mass is 31.2. The number of hydrogen-bond acceptors (Lipinski definition) is 13. The maximum atomic E-state index is 16.1. The summed E-state index contributed by atoms with van der Waals surface area (Å²) in [6.07, 6.45) is -2.95. The molecule has 2 N–H and O–H groups in total. The van der Waals surface area contributed by atoms with E-state index in [1.807, 2.05) is 13.8 Å². The van der Waals surface area contributed by atoms with Gasteiger partial charge in [-0.25, -0.2) is 28.8 Å². The number of carbonyl (C=O) groups is 2. The van der Waals surface area contributed by atoms with Gasteiger partial charge in [-0.1, -0.05) is 13.8 Å². The number of aliphatic hydroxyl groups excluding tert-OH is 1. The fourth-order valence-electron chi connectivity index (χ4n) is 4.64. The van der Waals surface area contributed by atoms with Gasteiger partial charge in [-0.15, -0.1) is 0 Å². The number of rotatable bonds is 17. The predicted molar refractivity (Wildman–Crippen MR) is 159 cm³/mol. The van der Waals surface area contributed by atoms with Crippen LogP contribution in [0, 0.1) is 12.8 Å². The smallest absolute Gasteiger partial charge is 0.406 e. The SMILES string of the molecule is CCOC(=O)C(CCC(C)C)NP(=O)(OCC(=O)OC(C)C)OC[C@H]1O[C@@H](n2cnc3c(OCC)nc(C)nc32)[C@@](C)(F)C1O. The predicted octanol–water partition coefficient (Wildman–Crippen LogP) is 3.57. The summed E-state index contributed by atoms with van der Waals surface area (Å²) in [7, 11) is -4.49. The van der Waals surface area contributed by atoms with Gasteiger partial charge in [0, 0.05) is 0 Å². The van der Waals surface area contributed by atoms with E-state index in [2.05, 4.69) is 20.0 Å². The molecule has 2 aromatic heterocycles. The molecule has 254 valence electrons. The number of carbonyl (C=O) groups excluding carboxylic acids is 2. The van der Waals surface area contributed by atoms with Crippen LogP contribution in [-0.2, 0) is 37.4 Å². The van der Waals surface area contributed by atoms with Crippen LogP contribution in [0.4, 0.5) is 4.39 Å². The first-order valence-electron chi connectivity index (χ1n) is 15.0. The summed E-state index contributed by atoms with van der Waals surface area (Å²) in [5.74, 6) is -0.758. The summed E-state index contributed by atoms with van der Waals surface area (Å²) in [6, 6.07) is -1.12. The van der Waals surface area contributed by atoms with Gasteiger partial charge in [-0.2, -0.15) is 4.98 Å². The Labute approximate surface area is 262 Å². The molecule has 3 rings (SSSR count). The molecule has 45 heavy (non-hydrogen) atoms. The van der Waals surface area contributed by atoms with Gasteiger partial charge in [-0.3, -0.25) is 18.4 Å². The van der Waals surface area contributed by atoms with E-state index in [4.69, 9.17) is 28.0 Å². The largest absolute Gasteiger partial charge is 0.476 e. The average molecular weight is 662 g/mol. The molecule has 0 aliphatic carbocycles. The van der Waals surface area contributed by atoms with Crippen molar-refractivity contribution in [3.63, 3.8) is 0 Å². The molecule has 1 saturated heterocycles. The molecule has 1 aliphatic heterocycles. The van der Waals surface area contributed by atoms with Crippen LogP contribution in [-0.4, -0.2) is 93.0 Å². The van der Waals surface area contributed by atoms with Crippen molar-refractivity contribution in [2.24, 2.45) is 5.92 Å². The molecular weight excluding hydrogens is 616 g/mol. The number of nitrogens with one attached hydrogen (secondary N) is 1. The lowest BCUT2D eigenvalue weighted by molar-refractivity contribution is -0.150. The van der Waals surface area contributed by atoms with E-state index in [-0.39, 0.29) is 36.0 Å². The first kappa shape index (κ1) is 36.7. The van der Waals surface area contributed by atoms with E-state index in [1.54, 1.807) is 34.6 Å². The molecule has 0 amide bonds. The van der Waals surface area contributed by atoms with Gasteiger partial charge in [0.2, 0.25) is 5.88 Å². The van der Waals surface area contributed by atoms with Crippen molar-refractivity contribution in [1.82, 2.24) is 24.6 Å². The van der Waals surface area contributed by atoms with Gasteiger partial charge >= 0.3 is 19.7 Å². The van der Waals surface area contributed by atoms with E-state index in [0.29, 0.717) is 18.9 Å². The molecule has 1 fully saturated rings. The number of nitrogens with zero attached hydrogens (tertiary/aromatic N) is 4. The van der Waals surface area contributed by atoms with E-state index in [9.17, 15) is 19.3 Å². The molecular formula is C28H45FN5O10P. The maximum Gasteiger partial charge on any atom is 0.406 e. The Morgan fingerprint density at radius 2 is 1.89 bits per heavy atom. The second-order valence-electron chi connectivity index (χ2n) is 11.5. The Balaban J connectivity index is 1.86. The van der Waals surface area contributed by atoms with E-state index in [0.717, 1.165) is 6.92 Å². The number of fused-ring (bicyclic) bond motifs is 1. The average Bonchev–Trinajstić information content (AvgIpc) is 3.46. The van der Waals surface area contributed by atoms with Gasteiger partial charge in [0.25, 0.3) is 0 Å². The Kier molecular flexibility index (Phi) is 12.8. The summed E-state index contributed by atoms with van der Waals surface area (Å²) < 4.78 is 64.1. The van der Waals surface area contributed by atoms with Crippen molar-refractivity contribution >= 4 is 30.8 Å². The normalized spacial score (nSPS) is 23.8. The monoisotopic (exact) mass is 661 g/mol. The Bertz CT molecular complexity index is 1360. The molecule has 1 aliphatic rings. The molecule has 17 heteroatoms. The highest BCUT2D eigenvalue weighted by Gasteiger charge is 2.56. The van der Waals surface area contributed by atoms with Crippen molar-refractivity contribution in [2.45, 2.75) is 104 Å². The third-order valence-electron chi connectivity index (χ3n) is 6.80. The van der Waals surface area contributed by atoms with Gasteiger partial charge in [0.15, 0.2) is 29.7 Å². The lowest BCUT2D eigenvalue weighted by atomic mass is 9.98. The van der Waals surface area contributed by atoms with Crippen LogP contribution in [0.5, 0.6) is 5.88 Å². The Morgan fingerprint density at radius 3 is 2.51 bits per heavy atom. The molecule has 0 saturated carbocycles. The zero-order chi connectivity index (χ0) is 33.5. The molecule has 0 aromatic carbocycles. The number of alkyl halides is 1. The minimum absolute atomic E-state index is 0.0729. The molecule has 3 heterocycles. The number of halogens is 1. The number of ether oxygens (including phenoxy) is 4. The number of aryl methyl sites for hydroxylation is 1. The zero-order valence-electron chi connectivity index (χ0n) is 27.0. The molecule has 15 nitrogen and oxygen atoms in total. The van der Waals surface area contributed by atoms with Gasteiger partial charge in [0.1, 0.15) is 24.1 Å². The first-order chi connectivity index (χ1) is 21.1. The van der Waals surface area contributed by atoms with Crippen molar-refractivity contribution in [1.29, 1.82) is 0 Å². The summed E-state index contributed by atoms with van der Waals surface area (Å²) in [5.41, 5.74) is -1.90. The minimum Gasteiger partial charge on any atom is -0.476 e. The van der Waals surface area contributed by atoms with E-state index in [1.165, 1.54) is 10.9 Å². The van der Waals surface area contributed by atoms with Crippen molar-refractivity contribution < 1.29 is 51.6 Å². The van der Waals surface area contributed by atoms with E-state index >= 15 is 4.39 Å². The lowest BCUT2D eigenvalue weighted by Crippen LogP contribution is -2.41. The second kappa shape index (κ2) is 15.7. The van der Waals surface area contributed by atoms with Crippen molar-refractivity contribution in [2.75, 3.05) is 26.4 Å². The second-order valence-corrected chi connectivity index (χ2v) is 13.2. The summed E-state index contributed by atoms with van der Waals surface area (Å²) in [5, 5.41) is 13.6. The molecule has 6 atom stereocenters. The third kappa shape index (κ3) is 9.39. The van der Waals surface area contributed by atoms with Crippen molar-refractivity contribution in [3.05, 3.63) is 12.2 Å². The number of aliphatic hydroxyl groups is 1. The molecule has 0 spiro atoms. The number of hydrogen-bond donors (Lipinski definition) is 2. The van der Waals surface area contributed by atoms with Crippen LogP contribution >= 0.6 is 7.75 Å². The van der Waals surface area contributed by atoms with Crippen LogP contribution in [0.15, 0.2) is 6.33 Å². The molecule has 2 aromatic rings. The van der Waals surface area contributed by atoms with Crippen LogP contribution in [0.25, 0.3) is 11.2 Å². The lowest BCUT2D eigenvalue weighted by Gasteiger charge is -2.26. The molecule has 3 unspecified atom stereocenters. The number of imidazole rings is 1. The van der Waals surface area contributed by atoms with Crippen LogP contribution in [0.3, 0.4) is 0 Å².